The third-order valence-corrected chi connectivity index (χ3v) is 4.39. The number of aromatic nitrogens is 1. The highest BCUT2D eigenvalue weighted by atomic mass is 79.9. The van der Waals surface area contributed by atoms with Gasteiger partial charge in [-0.05, 0) is 61.9 Å². The van der Waals surface area contributed by atoms with Gasteiger partial charge in [-0.3, -0.25) is 4.98 Å². The number of hydrogen-bond acceptors (Lipinski definition) is 3. The fraction of sp³-hybridized carbons (Fsp3) is 0.182. The van der Waals surface area contributed by atoms with Crippen LogP contribution in [0.1, 0.15) is 22.2 Å². The molecule has 0 aliphatic rings. The lowest BCUT2D eigenvalue weighted by Gasteiger charge is -2.11. The van der Waals surface area contributed by atoms with Crippen LogP contribution in [0.3, 0.4) is 0 Å². The molecule has 5 heteroatoms. The van der Waals surface area contributed by atoms with Gasteiger partial charge in [0.1, 0.15) is 6.10 Å². The van der Waals surface area contributed by atoms with Gasteiger partial charge in [0, 0.05) is 20.0 Å². The molecule has 0 amide bonds. The Morgan fingerprint density at radius 3 is 2.75 bits per heavy atom. The number of hydrogen-bond donors (Lipinski definition) is 1. The summed E-state index contributed by atoms with van der Waals surface area (Å²) in [4.78, 5) is 5.18. The fourth-order valence-electron chi connectivity index (χ4n) is 1.42. The molecule has 0 aliphatic heterocycles. The van der Waals surface area contributed by atoms with Crippen LogP contribution in [0.5, 0.6) is 0 Å². The molecule has 0 radical (unpaired) electrons. The number of aliphatic hydroxyl groups excluding tert-OH is 1. The summed E-state index contributed by atoms with van der Waals surface area (Å²) in [6.45, 7) is 1.99. The summed E-state index contributed by atoms with van der Waals surface area (Å²) in [7, 11) is 0. The number of nitrogens with zero attached hydrogens (tertiary/aromatic N) is 1. The maximum absolute atomic E-state index is 10.2. The van der Waals surface area contributed by atoms with Crippen LogP contribution in [0.2, 0.25) is 0 Å². The molecule has 2 aromatic rings. The van der Waals surface area contributed by atoms with E-state index in [0.29, 0.717) is 5.69 Å². The molecule has 0 saturated heterocycles. The molecule has 2 rings (SSSR count). The zero-order valence-corrected chi connectivity index (χ0v) is 12.4. The summed E-state index contributed by atoms with van der Waals surface area (Å²) in [5.74, 6) is 0. The van der Waals surface area contributed by atoms with E-state index in [2.05, 4.69) is 36.8 Å². The Morgan fingerprint density at radius 1 is 1.44 bits per heavy atom. The summed E-state index contributed by atoms with van der Waals surface area (Å²) in [5, 5.41) is 12.2. The van der Waals surface area contributed by atoms with E-state index >= 15 is 0 Å². The van der Waals surface area contributed by atoms with Crippen molar-refractivity contribution >= 4 is 43.2 Å². The topological polar surface area (TPSA) is 33.1 Å². The van der Waals surface area contributed by atoms with Crippen LogP contribution >= 0.6 is 43.2 Å². The standard InChI is InChI=1S/C11H9Br2NOS/c1-6-2-3-16-11(6)10(15)9-8(13)4-7(12)5-14-9/h2-5,10,15H,1H3. The van der Waals surface area contributed by atoms with Gasteiger partial charge in [-0.1, -0.05) is 0 Å². The van der Waals surface area contributed by atoms with E-state index in [0.717, 1.165) is 19.4 Å². The third-order valence-electron chi connectivity index (χ3n) is 2.25. The van der Waals surface area contributed by atoms with E-state index in [1.165, 1.54) is 0 Å². The zero-order valence-electron chi connectivity index (χ0n) is 8.45. The van der Waals surface area contributed by atoms with Gasteiger partial charge in [-0.15, -0.1) is 11.3 Å². The number of rotatable bonds is 2. The molecule has 2 heterocycles. The molecule has 16 heavy (non-hydrogen) atoms. The van der Waals surface area contributed by atoms with Crippen LogP contribution in [0, 0.1) is 6.92 Å². The highest BCUT2D eigenvalue weighted by Crippen LogP contribution is 2.32. The van der Waals surface area contributed by atoms with E-state index in [4.69, 9.17) is 0 Å². The summed E-state index contributed by atoms with van der Waals surface area (Å²) >= 11 is 8.29. The van der Waals surface area contributed by atoms with E-state index in [1.807, 2.05) is 24.4 Å². The molecule has 2 aromatic heterocycles. The second kappa shape index (κ2) is 4.96. The molecule has 0 aromatic carbocycles. The van der Waals surface area contributed by atoms with Crippen molar-refractivity contribution in [2.45, 2.75) is 13.0 Å². The number of pyridine rings is 1. The summed E-state index contributed by atoms with van der Waals surface area (Å²) in [6, 6.07) is 3.88. The molecule has 1 unspecified atom stereocenters. The smallest absolute Gasteiger partial charge is 0.131 e. The van der Waals surface area contributed by atoms with Gasteiger partial charge in [0.2, 0.25) is 0 Å². The molecule has 0 bridgehead atoms. The van der Waals surface area contributed by atoms with Crippen molar-refractivity contribution in [2.75, 3.05) is 0 Å². The number of aliphatic hydroxyl groups is 1. The second-order valence-electron chi connectivity index (χ2n) is 3.39. The Balaban J connectivity index is 2.41. The monoisotopic (exact) mass is 361 g/mol. The average molecular weight is 363 g/mol. The summed E-state index contributed by atoms with van der Waals surface area (Å²) in [6.07, 6.45) is 1.02. The lowest BCUT2D eigenvalue weighted by atomic mass is 10.1. The van der Waals surface area contributed by atoms with Crippen molar-refractivity contribution in [3.8, 4) is 0 Å². The van der Waals surface area contributed by atoms with Crippen LogP contribution < -0.4 is 0 Å². The van der Waals surface area contributed by atoms with E-state index in [-0.39, 0.29) is 0 Å². The van der Waals surface area contributed by atoms with Gasteiger partial charge < -0.3 is 5.11 Å². The van der Waals surface area contributed by atoms with Crippen LogP contribution in [-0.4, -0.2) is 10.1 Å². The number of thiophene rings is 1. The number of aryl methyl sites for hydroxylation is 1. The van der Waals surface area contributed by atoms with Gasteiger partial charge in [-0.25, -0.2) is 0 Å². The maximum atomic E-state index is 10.2. The highest BCUT2D eigenvalue weighted by molar-refractivity contribution is 9.11. The Kier molecular flexibility index (Phi) is 3.79. The SMILES string of the molecule is Cc1ccsc1C(O)c1ncc(Br)cc1Br. The molecule has 2 nitrogen and oxygen atoms in total. The van der Waals surface area contributed by atoms with Crippen LogP contribution in [0.15, 0.2) is 32.7 Å². The van der Waals surface area contributed by atoms with Crippen molar-refractivity contribution in [1.82, 2.24) is 4.98 Å². The maximum Gasteiger partial charge on any atom is 0.131 e. The molecular weight excluding hydrogens is 354 g/mol. The van der Waals surface area contributed by atoms with Crippen molar-refractivity contribution in [3.05, 3.63) is 48.8 Å². The molecule has 84 valence electrons. The van der Waals surface area contributed by atoms with Gasteiger partial charge in [-0.2, -0.15) is 0 Å². The Morgan fingerprint density at radius 2 is 2.19 bits per heavy atom. The fourth-order valence-corrected chi connectivity index (χ4v) is 3.53. The number of halogens is 2. The lowest BCUT2D eigenvalue weighted by Crippen LogP contribution is -2.02. The minimum absolute atomic E-state index is 0.647. The first-order chi connectivity index (χ1) is 7.59. The first-order valence-corrected chi connectivity index (χ1v) is 7.09. The molecular formula is C11H9Br2NOS. The van der Waals surface area contributed by atoms with Crippen LogP contribution in [0.4, 0.5) is 0 Å². The lowest BCUT2D eigenvalue weighted by molar-refractivity contribution is 0.217. The van der Waals surface area contributed by atoms with Gasteiger partial charge in [0.25, 0.3) is 0 Å². The van der Waals surface area contributed by atoms with Crippen molar-refractivity contribution in [2.24, 2.45) is 0 Å². The first-order valence-electron chi connectivity index (χ1n) is 4.62. The van der Waals surface area contributed by atoms with E-state index in [9.17, 15) is 5.11 Å². The Hall–Kier alpha value is -0.230. The average Bonchev–Trinajstić information content (AvgIpc) is 2.63. The Bertz CT molecular complexity index is 512. The summed E-state index contributed by atoms with van der Waals surface area (Å²) in [5.41, 5.74) is 1.74. The van der Waals surface area contributed by atoms with Crippen molar-refractivity contribution in [1.29, 1.82) is 0 Å². The minimum Gasteiger partial charge on any atom is -0.381 e. The van der Waals surface area contributed by atoms with Gasteiger partial charge in [0.15, 0.2) is 0 Å². The van der Waals surface area contributed by atoms with Gasteiger partial charge in [0.05, 0.1) is 5.69 Å². The van der Waals surface area contributed by atoms with Crippen LogP contribution in [0.25, 0.3) is 0 Å². The molecule has 0 spiro atoms. The minimum atomic E-state index is -0.664. The molecule has 0 fully saturated rings. The summed E-state index contributed by atoms with van der Waals surface area (Å²) < 4.78 is 1.69. The molecule has 0 saturated carbocycles. The normalized spacial score (nSPS) is 12.8. The Labute approximate surface area is 115 Å². The van der Waals surface area contributed by atoms with E-state index < -0.39 is 6.10 Å². The third kappa shape index (κ3) is 2.37. The molecule has 1 N–H and O–H groups in total. The van der Waals surface area contributed by atoms with Gasteiger partial charge >= 0.3 is 0 Å². The predicted octanol–water partition coefficient (Wildman–Crippen LogP) is 4.06. The predicted molar refractivity (Wildman–Crippen MR) is 72.8 cm³/mol. The van der Waals surface area contributed by atoms with Crippen molar-refractivity contribution in [3.63, 3.8) is 0 Å². The quantitative estimate of drug-likeness (QED) is 0.873. The van der Waals surface area contributed by atoms with E-state index in [1.54, 1.807) is 17.5 Å². The first kappa shape index (κ1) is 12.2. The van der Waals surface area contributed by atoms with Crippen LogP contribution in [-0.2, 0) is 0 Å². The van der Waals surface area contributed by atoms with Crippen molar-refractivity contribution < 1.29 is 5.11 Å². The second-order valence-corrected chi connectivity index (χ2v) is 6.11. The molecule has 1 atom stereocenters. The highest BCUT2D eigenvalue weighted by Gasteiger charge is 2.18. The zero-order chi connectivity index (χ0) is 11.7. The largest absolute Gasteiger partial charge is 0.381 e. The molecule has 0 aliphatic carbocycles.